The molecule has 0 atom stereocenters. The molecule has 4 heteroatoms. The molecule has 0 fully saturated rings. The quantitative estimate of drug-likeness (QED) is 0.693. The van der Waals surface area contributed by atoms with Crippen LogP contribution in [0.5, 0.6) is 0 Å². The Labute approximate surface area is 86.5 Å². The first-order valence-electron chi connectivity index (χ1n) is 3.81. The fourth-order valence-corrected chi connectivity index (χ4v) is 1.74. The number of hydrogen-bond acceptors (Lipinski definition) is 3. The molecule has 1 aliphatic rings. The first kappa shape index (κ1) is 8.72. The molecule has 2 nitrogen and oxygen atoms in total. The van der Waals surface area contributed by atoms with Crippen molar-refractivity contribution in [1.82, 2.24) is 5.43 Å². The monoisotopic (exact) mass is 208 g/mol. The average molecular weight is 208 g/mol. The van der Waals surface area contributed by atoms with E-state index < -0.39 is 0 Å². The SMILES string of the molecule is SC1=NNC(c2ccccc2)=CS1. The highest BCUT2D eigenvalue weighted by atomic mass is 32.2. The highest BCUT2D eigenvalue weighted by Gasteiger charge is 2.05. The third kappa shape index (κ3) is 2.08. The van der Waals surface area contributed by atoms with Crippen LogP contribution in [0.25, 0.3) is 5.70 Å². The molecule has 2 rings (SSSR count). The second-order valence-electron chi connectivity index (χ2n) is 2.52. The molecular weight excluding hydrogens is 200 g/mol. The van der Waals surface area contributed by atoms with Gasteiger partial charge in [-0.25, -0.2) is 0 Å². The summed E-state index contributed by atoms with van der Waals surface area (Å²) in [7, 11) is 0. The van der Waals surface area contributed by atoms with E-state index >= 15 is 0 Å². The van der Waals surface area contributed by atoms with Gasteiger partial charge in [0.15, 0.2) is 4.38 Å². The van der Waals surface area contributed by atoms with Crippen LogP contribution in [0.15, 0.2) is 40.8 Å². The fourth-order valence-electron chi connectivity index (χ4n) is 1.02. The molecule has 1 aromatic rings. The summed E-state index contributed by atoms with van der Waals surface area (Å²) in [6.07, 6.45) is 0. The van der Waals surface area contributed by atoms with Crippen molar-refractivity contribution < 1.29 is 0 Å². The van der Waals surface area contributed by atoms with Gasteiger partial charge in [0.2, 0.25) is 0 Å². The molecule has 0 bridgehead atoms. The number of rotatable bonds is 1. The first-order valence-corrected chi connectivity index (χ1v) is 5.14. The smallest absolute Gasteiger partial charge is 0.151 e. The van der Waals surface area contributed by atoms with E-state index in [2.05, 4.69) is 23.2 Å². The van der Waals surface area contributed by atoms with Crippen LogP contribution in [0.1, 0.15) is 5.56 Å². The van der Waals surface area contributed by atoms with Crippen molar-refractivity contribution in [2.24, 2.45) is 5.10 Å². The lowest BCUT2D eigenvalue weighted by atomic mass is 10.2. The van der Waals surface area contributed by atoms with Crippen LogP contribution in [0.4, 0.5) is 0 Å². The van der Waals surface area contributed by atoms with Gasteiger partial charge in [-0.3, -0.25) is 5.43 Å². The van der Waals surface area contributed by atoms with Gasteiger partial charge in [0.1, 0.15) is 0 Å². The lowest BCUT2D eigenvalue weighted by molar-refractivity contribution is 1.00. The Hall–Kier alpha value is -0.870. The second-order valence-corrected chi connectivity index (χ2v) is 4.11. The summed E-state index contributed by atoms with van der Waals surface area (Å²) in [6, 6.07) is 10.1. The fraction of sp³-hybridized carbons (Fsp3) is 0. The van der Waals surface area contributed by atoms with Crippen LogP contribution >= 0.6 is 24.4 Å². The van der Waals surface area contributed by atoms with Crippen molar-refractivity contribution in [3.05, 3.63) is 41.3 Å². The van der Waals surface area contributed by atoms with Gasteiger partial charge in [0.05, 0.1) is 5.70 Å². The van der Waals surface area contributed by atoms with Gasteiger partial charge in [-0.15, -0.1) is 12.6 Å². The second kappa shape index (κ2) is 3.89. The Morgan fingerprint density at radius 1 is 1.23 bits per heavy atom. The summed E-state index contributed by atoms with van der Waals surface area (Å²) < 4.78 is 0.736. The van der Waals surface area contributed by atoms with Crippen molar-refractivity contribution >= 4 is 34.5 Å². The van der Waals surface area contributed by atoms with Crippen molar-refractivity contribution in [3.63, 3.8) is 0 Å². The molecule has 0 aliphatic carbocycles. The Morgan fingerprint density at radius 3 is 2.62 bits per heavy atom. The molecule has 66 valence electrons. The Kier molecular flexibility index (Phi) is 2.61. The van der Waals surface area contributed by atoms with Gasteiger partial charge < -0.3 is 0 Å². The summed E-state index contributed by atoms with van der Waals surface area (Å²) in [5.74, 6) is 0. The van der Waals surface area contributed by atoms with E-state index in [9.17, 15) is 0 Å². The Morgan fingerprint density at radius 2 is 2.00 bits per heavy atom. The minimum atomic E-state index is 0.736. The molecule has 1 aliphatic heterocycles. The number of benzene rings is 1. The number of hydrogen-bond donors (Lipinski definition) is 2. The zero-order valence-electron chi connectivity index (χ0n) is 6.77. The number of thioether (sulfide) groups is 1. The summed E-state index contributed by atoms with van der Waals surface area (Å²) in [5.41, 5.74) is 5.09. The minimum Gasteiger partial charge on any atom is -0.276 e. The first-order chi connectivity index (χ1) is 6.36. The highest BCUT2D eigenvalue weighted by Crippen LogP contribution is 2.21. The lowest BCUT2D eigenvalue weighted by Crippen LogP contribution is -2.08. The summed E-state index contributed by atoms with van der Waals surface area (Å²) in [5, 5.41) is 6.02. The minimum absolute atomic E-state index is 0.736. The van der Waals surface area contributed by atoms with Crippen molar-refractivity contribution in [3.8, 4) is 0 Å². The molecule has 0 saturated heterocycles. The molecule has 0 aromatic heterocycles. The number of hydrazone groups is 1. The third-order valence-corrected chi connectivity index (χ3v) is 2.71. The number of nitrogens with zero attached hydrogens (tertiary/aromatic N) is 1. The van der Waals surface area contributed by atoms with E-state index in [0.717, 1.165) is 15.6 Å². The van der Waals surface area contributed by atoms with E-state index in [1.165, 1.54) is 11.8 Å². The lowest BCUT2D eigenvalue weighted by Gasteiger charge is -2.11. The third-order valence-electron chi connectivity index (χ3n) is 1.64. The van der Waals surface area contributed by atoms with Gasteiger partial charge in [0.25, 0.3) is 0 Å². The summed E-state index contributed by atoms with van der Waals surface area (Å²) >= 11 is 5.63. The zero-order valence-corrected chi connectivity index (χ0v) is 8.48. The Balaban J connectivity index is 2.21. The average Bonchev–Trinajstić information content (AvgIpc) is 2.20. The molecule has 0 spiro atoms. The molecule has 1 N–H and O–H groups in total. The van der Waals surface area contributed by atoms with E-state index in [0.29, 0.717) is 0 Å². The van der Waals surface area contributed by atoms with Crippen LogP contribution in [0.3, 0.4) is 0 Å². The van der Waals surface area contributed by atoms with E-state index in [1.54, 1.807) is 0 Å². The zero-order chi connectivity index (χ0) is 9.10. The van der Waals surface area contributed by atoms with Gasteiger partial charge in [0, 0.05) is 11.0 Å². The highest BCUT2D eigenvalue weighted by molar-refractivity contribution is 8.34. The molecule has 13 heavy (non-hydrogen) atoms. The molecule has 0 amide bonds. The predicted molar refractivity (Wildman–Crippen MR) is 61.6 cm³/mol. The van der Waals surface area contributed by atoms with Crippen LogP contribution in [0.2, 0.25) is 0 Å². The normalized spacial score (nSPS) is 15.8. The van der Waals surface area contributed by atoms with Crippen molar-refractivity contribution in [2.45, 2.75) is 0 Å². The van der Waals surface area contributed by atoms with Gasteiger partial charge in [-0.05, 0) is 0 Å². The maximum atomic E-state index is 4.12. The predicted octanol–water partition coefficient (Wildman–Crippen LogP) is 2.52. The molecule has 0 unspecified atom stereocenters. The van der Waals surface area contributed by atoms with Crippen LogP contribution in [0, 0.1) is 0 Å². The summed E-state index contributed by atoms with van der Waals surface area (Å²) in [4.78, 5) is 0. The maximum absolute atomic E-state index is 4.12. The maximum Gasteiger partial charge on any atom is 0.151 e. The van der Waals surface area contributed by atoms with E-state index in [4.69, 9.17) is 0 Å². The van der Waals surface area contributed by atoms with Gasteiger partial charge in [-0.2, -0.15) is 5.10 Å². The molecule has 1 aromatic carbocycles. The van der Waals surface area contributed by atoms with Crippen molar-refractivity contribution in [2.75, 3.05) is 0 Å². The van der Waals surface area contributed by atoms with E-state index in [1.807, 2.05) is 35.7 Å². The molecule has 1 heterocycles. The van der Waals surface area contributed by atoms with E-state index in [-0.39, 0.29) is 0 Å². The topological polar surface area (TPSA) is 24.4 Å². The van der Waals surface area contributed by atoms with Crippen LogP contribution < -0.4 is 5.43 Å². The van der Waals surface area contributed by atoms with Crippen LogP contribution in [-0.4, -0.2) is 4.38 Å². The number of thiol groups is 1. The van der Waals surface area contributed by atoms with Crippen LogP contribution in [-0.2, 0) is 0 Å². The standard InChI is InChI=1S/C9H8N2S2/c12-9-11-10-8(6-13-9)7-4-2-1-3-5-7/h1-6,10H,(H,11,12). The largest absolute Gasteiger partial charge is 0.276 e. The Bertz CT molecular complexity index is 357. The number of nitrogens with one attached hydrogen (secondary N) is 1. The van der Waals surface area contributed by atoms with Crippen molar-refractivity contribution in [1.29, 1.82) is 0 Å². The molecule has 0 saturated carbocycles. The summed E-state index contributed by atoms with van der Waals surface area (Å²) in [6.45, 7) is 0. The molecule has 0 radical (unpaired) electrons. The van der Waals surface area contributed by atoms with Gasteiger partial charge in [-0.1, -0.05) is 42.1 Å². The molecular formula is C9H8N2S2. The van der Waals surface area contributed by atoms with Gasteiger partial charge >= 0.3 is 0 Å².